The molecule has 0 unspecified atom stereocenters. The first kappa shape index (κ1) is 27.5. The van der Waals surface area contributed by atoms with Gasteiger partial charge in [0, 0.05) is 42.4 Å². The normalized spacial score (nSPS) is 11.6. The molecule has 0 fully saturated rings. The van der Waals surface area contributed by atoms with Crippen molar-refractivity contribution >= 4 is 86.5 Å². The zero-order valence-corrected chi connectivity index (χ0v) is 26.9. The Kier molecular flexibility index (Phi) is 5.84. The van der Waals surface area contributed by atoms with Gasteiger partial charge in [0.15, 0.2) is 0 Å². The number of thiophene rings is 1. The number of nitrogens with zero attached hydrogens (tertiary/aromatic N) is 4. The molecule has 3 heterocycles. The Bertz CT molecular complexity index is 3030. The van der Waals surface area contributed by atoms with Crippen LogP contribution in [-0.4, -0.2) is 9.13 Å². The average Bonchev–Trinajstić information content (AvgIpc) is 3.82. The van der Waals surface area contributed by atoms with Crippen LogP contribution in [0.15, 0.2) is 146 Å². The summed E-state index contributed by atoms with van der Waals surface area (Å²) in [5, 5.41) is 6.53. The Hall–Kier alpha value is -6.66. The molecule has 0 aliphatic heterocycles. The third-order valence-electron chi connectivity index (χ3n) is 9.73. The molecule has 49 heavy (non-hydrogen) atoms. The van der Waals surface area contributed by atoms with Crippen molar-refractivity contribution in [2.75, 3.05) is 0 Å². The van der Waals surface area contributed by atoms with E-state index in [-0.39, 0.29) is 0 Å². The molecule has 3 aromatic heterocycles. The van der Waals surface area contributed by atoms with Crippen LogP contribution in [0.4, 0.5) is 11.4 Å². The highest BCUT2D eigenvalue weighted by Crippen LogP contribution is 2.49. The Morgan fingerprint density at radius 2 is 0.959 bits per heavy atom. The SMILES string of the molecule is [C-]#[N+]c1cccc2c1sc1c([N+]#[C-])c3c4ccccc4n(-c4cccc(-c5cccc(-n6c7ccccc7c7ccccc76)c5)c4)c3cc12. The van der Waals surface area contributed by atoms with E-state index in [9.17, 15) is 0 Å². The van der Waals surface area contributed by atoms with Gasteiger partial charge in [0.2, 0.25) is 11.4 Å². The second-order valence-electron chi connectivity index (χ2n) is 12.3. The molecule has 7 aromatic carbocycles. The number of hydrogen-bond donors (Lipinski definition) is 0. The Labute approximate surface area is 285 Å². The predicted molar refractivity (Wildman–Crippen MR) is 206 cm³/mol. The van der Waals surface area contributed by atoms with Gasteiger partial charge in [-0.15, -0.1) is 0 Å². The average molecular weight is 641 g/mol. The maximum Gasteiger partial charge on any atom is 0.214 e. The van der Waals surface area contributed by atoms with E-state index >= 15 is 0 Å². The van der Waals surface area contributed by atoms with E-state index in [4.69, 9.17) is 13.1 Å². The van der Waals surface area contributed by atoms with Gasteiger partial charge in [-0.1, -0.05) is 97.1 Å². The third kappa shape index (κ3) is 3.88. The number of fused-ring (bicyclic) bond motifs is 9. The van der Waals surface area contributed by atoms with E-state index in [1.807, 2.05) is 18.2 Å². The van der Waals surface area contributed by atoms with Crippen LogP contribution in [0, 0.1) is 13.1 Å². The van der Waals surface area contributed by atoms with E-state index in [2.05, 4.69) is 146 Å². The Balaban J connectivity index is 1.21. The largest absolute Gasteiger partial charge is 0.311 e. The number of hydrogen-bond acceptors (Lipinski definition) is 1. The minimum absolute atomic E-state index is 0.628. The van der Waals surface area contributed by atoms with Crippen molar-refractivity contribution < 1.29 is 0 Å². The molecule has 0 saturated heterocycles. The van der Waals surface area contributed by atoms with E-state index in [1.165, 1.54) is 21.8 Å². The molecule has 0 radical (unpaired) electrons. The second kappa shape index (κ2) is 10.4. The van der Waals surface area contributed by atoms with Crippen LogP contribution in [0.2, 0.25) is 0 Å². The minimum Gasteiger partial charge on any atom is -0.311 e. The molecule has 0 amide bonds. The van der Waals surface area contributed by atoms with Gasteiger partial charge < -0.3 is 9.13 Å². The summed E-state index contributed by atoms with van der Waals surface area (Å²) in [6.45, 7) is 16.1. The monoisotopic (exact) mass is 640 g/mol. The summed E-state index contributed by atoms with van der Waals surface area (Å²) >= 11 is 1.55. The zero-order valence-electron chi connectivity index (χ0n) is 26.1. The summed E-state index contributed by atoms with van der Waals surface area (Å²) < 4.78 is 6.52. The maximum atomic E-state index is 8.36. The number of benzene rings is 7. The molecule has 226 valence electrons. The molecule has 0 spiro atoms. The molecule has 10 rings (SSSR count). The highest BCUT2D eigenvalue weighted by atomic mass is 32.1. The Morgan fingerprint density at radius 1 is 0.429 bits per heavy atom. The molecule has 0 bridgehead atoms. The van der Waals surface area contributed by atoms with E-state index in [0.29, 0.717) is 11.4 Å². The lowest BCUT2D eigenvalue weighted by molar-refractivity contribution is 1.17. The van der Waals surface area contributed by atoms with Crippen molar-refractivity contribution in [3.05, 3.63) is 168 Å². The molecule has 0 aliphatic carbocycles. The quantitative estimate of drug-likeness (QED) is 0.171. The van der Waals surface area contributed by atoms with Crippen molar-refractivity contribution in [1.82, 2.24) is 9.13 Å². The Morgan fingerprint density at radius 3 is 1.57 bits per heavy atom. The van der Waals surface area contributed by atoms with Gasteiger partial charge in [-0.05, 0) is 75.8 Å². The summed E-state index contributed by atoms with van der Waals surface area (Å²) in [5.74, 6) is 0. The molecule has 5 heteroatoms. The molecule has 0 saturated carbocycles. The van der Waals surface area contributed by atoms with Crippen molar-refractivity contribution in [1.29, 1.82) is 0 Å². The highest BCUT2D eigenvalue weighted by molar-refractivity contribution is 7.27. The van der Waals surface area contributed by atoms with Crippen molar-refractivity contribution in [3.8, 4) is 22.5 Å². The first-order chi connectivity index (χ1) is 24.2. The van der Waals surface area contributed by atoms with Crippen LogP contribution in [0.5, 0.6) is 0 Å². The van der Waals surface area contributed by atoms with Crippen LogP contribution >= 0.6 is 11.3 Å². The fraction of sp³-hybridized carbons (Fsp3) is 0. The predicted octanol–water partition coefficient (Wildman–Crippen LogP) is 13.0. The van der Waals surface area contributed by atoms with Gasteiger partial charge in [0.25, 0.3) is 0 Å². The second-order valence-corrected chi connectivity index (χ2v) is 13.3. The topological polar surface area (TPSA) is 18.6 Å². The van der Waals surface area contributed by atoms with Crippen molar-refractivity contribution in [3.63, 3.8) is 0 Å². The van der Waals surface area contributed by atoms with Gasteiger partial charge in [-0.2, -0.15) is 11.3 Å². The minimum atomic E-state index is 0.628. The molecule has 0 atom stereocenters. The van der Waals surface area contributed by atoms with Gasteiger partial charge >= 0.3 is 0 Å². The van der Waals surface area contributed by atoms with Gasteiger partial charge in [0.05, 0.1) is 29.7 Å². The lowest BCUT2D eigenvalue weighted by Crippen LogP contribution is -1.96. The molecule has 10 aromatic rings. The molecule has 0 aliphatic rings. The lowest BCUT2D eigenvalue weighted by Gasteiger charge is -2.13. The smallest absolute Gasteiger partial charge is 0.214 e. The lowest BCUT2D eigenvalue weighted by atomic mass is 10.0. The standard InChI is InChI=1S/C44H24N4S/c1-45-36-20-11-19-33-35-26-40-41(42(46-2)44(35)49-43(33)36)34-18-5-8-23-39(34)48(40)30-15-10-13-28(25-30)27-12-9-14-29(24-27)47-37-21-6-3-16-31(37)32-17-4-7-22-38(32)47/h3-26H. The van der Waals surface area contributed by atoms with Crippen LogP contribution < -0.4 is 0 Å². The first-order valence-electron chi connectivity index (χ1n) is 16.1. The van der Waals surface area contributed by atoms with Crippen molar-refractivity contribution in [2.24, 2.45) is 0 Å². The van der Waals surface area contributed by atoms with Gasteiger partial charge in [0.1, 0.15) is 0 Å². The zero-order chi connectivity index (χ0) is 32.6. The van der Waals surface area contributed by atoms with Crippen LogP contribution in [0.3, 0.4) is 0 Å². The van der Waals surface area contributed by atoms with Gasteiger partial charge in [-0.25, -0.2) is 9.69 Å². The molecule has 4 nitrogen and oxygen atoms in total. The fourth-order valence-electron chi connectivity index (χ4n) is 7.66. The number of aromatic nitrogens is 2. The summed E-state index contributed by atoms with van der Waals surface area (Å²) in [5.41, 5.74) is 10.1. The molecular weight excluding hydrogens is 617 g/mol. The van der Waals surface area contributed by atoms with Crippen LogP contribution in [0.25, 0.3) is 96.0 Å². The van der Waals surface area contributed by atoms with Crippen LogP contribution in [0.1, 0.15) is 0 Å². The molecule has 0 N–H and O–H groups in total. The van der Waals surface area contributed by atoms with Crippen molar-refractivity contribution in [2.45, 2.75) is 0 Å². The summed E-state index contributed by atoms with van der Waals surface area (Å²) in [7, 11) is 0. The maximum absolute atomic E-state index is 8.36. The van der Waals surface area contributed by atoms with Gasteiger partial charge in [-0.3, -0.25) is 0 Å². The summed E-state index contributed by atoms with van der Waals surface area (Å²) in [4.78, 5) is 7.93. The summed E-state index contributed by atoms with van der Waals surface area (Å²) in [6, 6.07) is 51.1. The highest BCUT2D eigenvalue weighted by Gasteiger charge is 2.21. The van der Waals surface area contributed by atoms with E-state index in [0.717, 1.165) is 64.5 Å². The third-order valence-corrected chi connectivity index (χ3v) is 11.0. The van der Waals surface area contributed by atoms with E-state index < -0.39 is 0 Å². The van der Waals surface area contributed by atoms with Crippen LogP contribution in [-0.2, 0) is 0 Å². The number of para-hydroxylation sites is 3. The summed E-state index contributed by atoms with van der Waals surface area (Å²) in [6.07, 6.45) is 0. The molecular formula is C44H24N4S. The first-order valence-corrected chi connectivity index (χ1v) is 16.9. The number of rotatable bonds is 3. The van der Waals surface area contributed by atoms with E-state index in [1.54, 1.807) is 11.3 Å². The fourth-order valence-corrected chi connectivity index (χ4v) is 8.89.